The van der Waals surface area contributed by atoms with Gasteiger partial charge in [0.1, 0.15) is 5.75 Å². The molecule has 1 heterocycles. The van der Waals surface area contributed by atoms with Crippen molar-refractivity contribution in [1.82, 2.24) is 10.0 Å². The first-order chi connectivity index (χ1) is 10.3. The molecule has 22 heavy (non-hydrogen) atoms. The molecule has 0 saturated carbocycles. The maximum absolute atomic E-state index is 12.2. The van der Waals surface area contributed by atoms with Crippen LogP contribution in [0, 0.1) is 0 Å². The molecular formula is C13H15F3N2O3S. The van der Waals surface area contributed by atoms with Crippen LogP contribution in [-0.4, -0.2) is 34.4 Å². The zero-order valence-electron chi connectivity index (χ0n) is 11.5. The lowest BCUT2D eigenvalue weighted by Gasteiger charge is -2.15. The standard InChI is InChI=1S/C13H15F3N2O3S/c14-13(15,16)21-11-2-1-3-12(8-11)22(19,20)18-9-10-4-6-17-7-5-10/h1-4,8,17-18H,5-7,9H2. The van der Waals surface area contributed by atoms with Crippen LogP contribution in [0.5, 0.6) is 5.75 Å². The van der Waals surface area contributed by atoms with Crippen LogP contribution < -0.4 is 14.8 Å². The highest BCUT2D eigenvalue weighted by atomic mass is 32.2. The molecule has 0 amide bonds. The van der Waals surface area contributed by atoms with E-state index >= 15 is 0 Å². The van der Waals surface area contributed by atoms with E-state index in [0.29, 0.717) is 6.54 Å². The topological polar surface area (TPSA) is 67.4 Å². The van der Waals surface area contributed by atoms with E-state index in [9.17, 15) is 21.6 Å². The van der Waals surface area contributed by atoms with Gasteiger partial charge >= 0.3 is 6.36 Å². The summed E-state index contributed by atoms with van der Waals surface area (Å²) in [6, 6.07) is 4.29. The Morgan fingerprint density at radius 1 is 1.32 bits per heavy atom. The van der Waals surface area contributed by atoms with Crippen molar-refractivity contribution in [3.63, 3.8) is 0 Å². The van der Waals surface area contributed by atoms with E-state index < -0.39 is 22.1 Å². The van der Waals surface area contributed by atoms with Gasteiger partial charge in [-0.25, -0.2) is 13.1 Å². The molecule has 0 radical (unpaired) electrons. The second-order valence-electron chi connectivity index (χ2n) is 4.66. The summed E-state index contributed by atoms with van der Waals surface area (Å²) >= 11 is 0. The van der Waals surface area contributed by atoms with Crippen molar-refractivity contribution >= 4 is 10.0 Å². The lowest BCUT2D eigenvalue weighted by Crippen LogP contribution is -2.29. The number of halogens is 3. The molecule has 122 valence electrons. The minimum absolute atomic E-state index is 0.133. The van der Waals surface area contributed by atoms with Gasteiger partial charge in [0.25, 0.3) is 0 Å². The molecule has 5 nitrogen and oxygen atoms in total. The molecule has 9 heteroatoms. The molecule has 0 saturated heterocycles. The molecule has 0 atom stereocenters. The molecule has 0 aliphatic carbocycles. The average molecular weight is 336 g/mol. The Kier molecular flexibility index (Phi) is 5.09. The smallest absolute Gasteiger partial charge is 0.406 e. The van der Waals surface area contributed by atoms with Crippen LogP contribution >= 0.6 is 0 Å². The van der Waals surface area contributed by atoms with Crippen molar-refractivity contribution in [2.75, 3.05) is 19.6 Å². The summed E-state index contributed by atoms with van der Waals surface area (Å²) in [6.45, 7) is 1.57. The second kappa shape index (κ2) is 6.67. The molecule has 1 aliphatic rings. The van der Waals surface area contributed by atoms with Gasteiger partial charge in [0.15, 0.2) is 0 Å². The van der Waals surface area contributed by atoms with Gasteiger partial charge in [0.05, 0.1) is 4.90 Å². The first-order valence-electron chi connectivity index (χ1n) is 6.50. The summed E-state index contributed by atoms with van der Waals surface area (Å²) in [5, 5.41) is 3.10. The normalized spacial score (nSPS) is 16.2. The predicted molar refractivity (Wildman–Crippen MR) is 73.9 cm³/mol. The van der Waals surface area contributed by atoms with E-state index in [4.69, 9.17) is 0 Å². The predicted octanol–water partition coefficient (Wildman–Crippen LogP) is 1.78. The van der Waals surface area contributed by atoms with E-state index in [0.717, 1.165) is 30.7 Å². The van der Waals surface area contributed by atoms with E-state index in [1.54, 1.807) is 0 Å². The van der Waals surface area contributed by atoms with E-state index in [1.165, 1.54) is 12.1 Å². The molecule has 0 fully saturated rings. The summed E-state index contributed by atoms with van der Waals surface area (Å²) in [4.78, 5) is -0.274. The van der Waals surface area contributed by atoms with E-state index in [2.05, 4.69) is 14.8 Å². The van der Waals surface area contributed by atoms with Crippen LogP contribution in [-0.2, 0) is 10.0 Å². The highest BCUT2D eigenvalue weighted by Crippen LogP contribution is 2.24. The Labute approximate surface area is 126 Å². The van der Waals surface area contributed by atoms with Gasteiger partial charge in [-0.2, -0.15) is 0 Å². The average Bonchev–Trinajstić information content (AvgIpc) is 2.45. The van der Waals surface area contributed by atoms with Crippen LogP contribution in [0.2, 0.25) is 0 Å². The number of nitrogens with one attached hydrogen (secondary N) is 2. The minimum atomic E-state index is -4.87. The number of alkyl halides is 3. The highest BCUT2D eigenvalue weighted by Gasteiger charge is 2.31. The molecule has 2 N–H and O–H groups in total. The Balaban J connectivity index is 2.08. The van der Waals surface area contributed by atoms with Gasteiger partial charge in [-0.05, 0) is 25.1 Å². The van der Waals surface area contributed by atoms with Crippen molar-refractivity contribution in [3.05, 3.63) is 35.9 Å². The minimum Gasteiger partial charge on any atom is -0.406 e. The van der Waals surface area contributed by atoms with Crippen molar-refractivity contribution in [1.29, 1.82) is 0 Å². The maximum atomic E-state index is 12.2. The third-order valence-electron chi connectivity index (χ3n) is 3.00. The number of benzene rings is 1. The van der Waals surface area contributed by atoms with Gasteiger partial charge < -0.3 is 10.1 Å². The van der Waals surface area contributed by atoms with Crippen molar-refractivity contribution < 1.29 is 26.3 Å². The molecule has 0 aromatic heterocycles. The first-order valence-corrected chi connectivity index (χ1v) is 7.99. The molecule has 1 aromatic rings. The Morgan fingerprint density at radius 2 is 2.09 bits per heavy atom. The summed E-state index contributed by atoms with van der Waals surface area (Å²) in [6.07, 6.45) is -2.26. The zero-order chi connectivity index (χ0) is 16.2. The lowest BCUT2D eigenvalue weighted by atomic mass is 10.1. The van der Waals surface area contributed by atoms with Gasteiger partial charge in [0.2, 0.25) is 10.0 Å². The second-order valence-corrected chi connectivity index (χ2v) is 6.43. The Morgan fingerprint density at radius 3 is 2.73 bits per heavy atom. The SMILES string of the molecule is O=S(=O)(NCC1=CCNCC1)c1cccc(OC(F)(F)F)c1. The van der Waals surface area contributed by atoms with E-state index in [1.807, 2.05) is 6.08 Å². The van der Waals surface area contributed by atoms with Crippen molar-refractivity contribution in [2.24, 2.45) is 0 Å². The molecule has 1 aromatic carbocycles. The lowest BCUT2D eigenvalue weighted by molar-refractivity contribution is -0.274. The van der Waals surface area contributed by atoms with Crippen LogP contribution in [0.15, 0.2) is 40.8 Å². The fourth-order valence-corrected chi connectivity index (χ4v) is 3.01. The summed E-state index contributed by atoms with van der Waals surface area (Å²) in [7, 11) is -3.90. The van der Waals surface area contributed by atoms with Crippen molar-refractivity contribution in [2.45, 2.75) is 17.7 Å². The number of sulfonamides is 1. The molecule has 0 spiro atoms. The number of rotatable bonds is 5. The van der Waals surface area contributed by atoms with Gasteiger partial charge in [-0.1, -0.05) is 17.7 Å². The van der Waals surface area contributed by atoms with Crippen LogP contribution in [0.25, 0.3) is 0 Å². The van der Waals surface area contributed by atoms with Gasteiger partial charge in [0, 0.05) is 19.2 Å². The molecule has 0 unspecified atom stereocenters. The summed E-state index contributed by atoms with van der Waals surface area (Å²) < 4.78 is 66.8. The molecule has 0 bridgehead atoms. The Bertz CT molecular complexity index is 657. The fraction of sp³-hybridized carbons (Fsp3) is 0.385. The van der Waals surface area contributed by atoms with E-state index in [-0.39, 0.29) is 11.4 Å². The molecular weight excluding hydrogens is 321 g/mol. The highest BCUT2D eigenvalue weighted by molar-refractivity contribution is 7.89. The number of hydrogen-bond acceptors (Lipinski definition) is 4. The van der Waals surface area contributed by atoms with Crippen LogP contribution in [0.4, 0.5) is 13.2 Å². The number of hydrogen-bond donors (Lipinski definition) is 2. The molecule has 2 rings (SSSR count). The Hall–Kier alpha value is -1.58. The number of ether oxygens (including phenoxy) is 1. The third-order valence-corrected chi connectivity index (χ3v) is 4.40. The largest absolute Gasteiger partial charge is 0.573 e. The maximum Gasteiger partial charge on any atom is 0.573 e. The monoisotopic (exact) mass is 336 g/mol. The fourth-order valence-electron chi connectivity index (χ4n) is 1.94. The van der Waals surface area contributed by atoms with Gasteiger partial charge in [-0.15, -0.1) is 13.2 Å². The quantitative estimate of drug-likeness (QED) is 0.805. The summed E-state index contributed by atoms with van der Waals surface area (Å²) in [5.74, 6) is -0.573. The summed E-state index contributed by atoms with van der Waals surface area (Å²) in [5.41, 5.74) is 0.935. The third kappa shape index (κ3) is 5.00. The van der Waals surface area contributed by atoms with Gasteiger partial charge in [-0.3, -0.25) is 0 Å². The van der Waals surface area contributed by atoms with Crippen LogP contribution in [0.1, 0.15) is 6.42 Å². The first kappa shape index (κ1) is 16.8. The zero-order valence-corrected chi connectivity index (χ0v) is 12.3. The van der Waals surface area contributed by atoms with Crippen molar-refractivity contribution in [3.8, 4) is 5.75 Å². The molecule has 1 aliphatic heterocycles. The van der Waals surface area contributed by atoms with Crippen LogP contribution in [0.3, 0.4) is 0 Å².